The predicted octanol–water partition coefficient (Wildman–Crippen LogP) is 3.22. The zero-order valence-electron chi connectivity index (χ0n) is 11.6. The quantitative estimate of drug-likeness (QED) is 0.796. The van der Waals surface area contributed by atoms with Crippen LogP contribution in [0.1, 0.15) is 36.8 Å². The molecule has 0 saturated heterocycles. The summed E-state index contributed by atoms with van der Waals surface area (Å²) in [4.78, 5) is 11.5. The number of hydrogen-bond donors (Lipinski definition) is 0. The molecule has 1 aromatic rings. The van der Waals surface area contributed by atoms with Gasteiger partial charge < -0.3 is 4.74 Å². The fourth-order valence-electron chi connectivity index (χ4n) is 2.89. The summed E-state index contributed by atoms with van der Waals surface area (Å²) >= 11 is 0. The highest BCUT2D eigenvalue weighted by Gasteiger charge is 2.26. The number of carbonyl (C=O) groups is 1. The Bertz CT molecular complexity index is 528. The molecule has 4 heteroatoms. The Kier molecular flexibility index (Phi) is 4.73. The van der Waals surface area contributed by atoms with Gasteiger partial charge in [0.15, 0.2) is 0 Å². The summed E-state index contributed by atoms with van der Waals surface area (Å²) in [5.74, 6) is -0.0605. The second-order valence-corrected chi connectivity index (χ2v) is 5.37. The molecule has 0 atom stereocenters. The van der Waals surface area contributed by atoms with Gasteiger partial charge in [0.25, 0.3) is 0 Å². The van der Waals surface area contributed by atoms with Crippen molar-refractivity contribution in [3.8, 4) is 6.07 Å². The molecular weight excluding hydrogens is 257 g/mol. The summed E-state index contributed by atoms with van der Waals surface area (Å²) < 4.78 is 18.0. The molecular formula is C16H18FNO2. The normalized spacial score (nSPS) is 22.1. The molecule has 0 amide bonds. The van der Waals surface area contributed by atoms with Crippen LogP contribution in [0.25, 0.3) is 0 Å². The van der Waals surface area contributed by atoms with Crippen LogP contribution in [0, 0.1) is 29.0 Å². The number of halogens is 1. The van der Waals surface area contributed by atoms with Crippen molar-refractivity contribution in [2.75, 3.05) is 7.11 Å². The first-order valence-corrected chi connectivity index (χ1v) is 6.90. The van der Waals surface area contributed by atoms with Gasteiger partial charge in [0.05, 0.1) is 18.6 Å². The van der Waals surface area contributed by atoms with Crippen molar-refractivity contribution in [3.63, 3.8) is 0 Å². The molecule has 3 nitrogen and oxygen atoms in total. The maximum absolute atomic E-state index is 13.3. The number of rotatable bonds is 3. The Morgan fingerprint density at radius 1 is 1.40 bits per heavy atom. The number of nitriles is 1. The first-order chi connectivity index (χ1) is 9.63. The van der Waals surface area contributed by atoms with E-state index in [4.69, 9.17) is 10.00 Å². The molecule has 0 heterocycles. The van der Waals surface area contributed by atoms with E-state index in [2.05, 4.69) is 0 Å². The van der Waals surface area contributed by atoms with E-state index in [1.54, 1.807) is 12.1 Å². The first-order valence-electron chi connectivity index (χ1n) is 6.90. The lowest BCUT2D eigenvalue weighted by Crippen LogP contribution is -2.23. The van der Waals surface area contributed by atoms with Crippen LogP contribution in [0.5, 0.6) is 0 Å². The second-order valence-electron chi connectivity index (χ2n) is 5.37. The number of esters is 1. The molecule has 0 bridgehead atoms. The number of methoxy groups -OCH3 is 1. The van der Waals surface area contributed by atoms with Crippen molar-refractivity contribution in [3.05, 3.63) is 35.1 Å². The van der Waals surface area contributed by atoms with Crippen LogP contribution >= 0.6 is 0 Å². The Morgan fingerprint density at radius 2 is 2.10 bits per heavy atom. The minimum atomic E-state index is -0.467. The van der Waals surface area contributed by atoms with Crippen LogP contribution in [0.3, 0.4) is 0 Å². The summed E-state index contributed by atoms with van der Waals surface area (Å²) in [6.45, 7) is 0. The lowest BCUT2D eigenvalue weighted by Gasteiger charge is -2.26. The molecule has 0 spiro atoms. The van der Waals surface area contributed by atoms with Crippen LogP contribution in [0.4, 0.5) is 4.39 Å². The molecule has 0 aliphatic heterocycles. The van der Waals surface area contributed by atoms with Crippen LogP contribution in [-0.4, -0.2) is 13.1 Å². The summed E-state index contributed by atoms with van der Waals surface area (Å²) in [5.41, 5.74) is 1.09. The van der Waals surface area contributed by atoms with Gasteiger partial charge in [0.2, 0.25) is 0 Å². The van der Waals surface area contributed by atoms with E-state index in [1.807, 2.05) is 6.07 Å². The van der Waals surface area contributed by atoms with Crippen molar-refractivity contribution in [1.82, 2.24) is 0 Å². The molecule has 2 rings (SSSR count). The van der Waals surface area contributed by atoms with Gasteiger partial charge in [-0.3, -0.25) is 4.79 Å². The maximum atomic E-state index is 13.3. The van der Waals surface area contributed by atoms with Gasteiger partial charge >= 0.3 is 5.97 Å². The average Bonchev–Trinajstić information content (AvgIpc) is 2.49. The van der Waals surface area contributed by atoms with E-state index < -0.39 is 5.82 Å². The maximum Gasteiger partial charge on any atom is 0.308 e. The third-order valence-corrected chi connectivity index (χ3v) is 4.06. The number of benzene rings is 1. The molecule has 1 aromatic carbocycles. The van der Waals surface area contributed by atoms with Crippen LogP contribution in [0.15, 0.2) is 18.2 Å². The second kappa shape index (κ2) is 6.51. The fourth-order valence-corrected chi connectivity index (χ4v) is 2.89. The molecule has 1 aliphatic rings. The molecule has 1 aliphatic carbocycles. The molecule has 20 heavy (non-hydrogen) atoms. The van der Waals surface area contributed by atoms with E-state index in [1.165, 1.54) is 13.2 Å². The molecule has 0 unspecified atom stereocenters. The molecule has 0 radical (unpaired) electrons. The van der Waals surface area contributed by atoms with E-state index in [0.717, 1.165) is 37.7 Å². The minimum absolute atomic E-state index is 0.0270. The van der Waals surface area contributed by atoms with Gasteiger partial charge in [0, 0.05) is 0 Å². The highest BCUT2D eigenvalue weighted by Crippen LogP contribution is 2.31. The van der Waals surface area contributed by atoms with Crippen molar-refractivity contribution in [1.29, 1.82) is 5.26 Å². The largest absolute Gasteiger partial charge is 0.469 e. The number of hydrogen-bond acceptors (Lipinski definition) is 3. The summed E-state index contributed by atoms with van der Waals surface area (Å²) in [7, 11) is 1.43. The number of carbonyl (C=O) groups excluding carboxylic acids is 1. The SMILES string of the molecule is COC(=O)[C@H]1CC[C@H](Cc2ccc(F)c(C#N)c2)CC1. The van der Waals surface area contributed by atoms with Gasteiger partial charge in [-0.2, -0.15) is 5.26 Å². The van der Waals surface area contributed by atoms with Gasteiger partial charge in [0.1, 0.15) is 11.9 Å². The Hall–Kier alpha value is -1.89. The molecule has 0 aromatic heterocycles. The third kappa shape index (κ3) is 3.36. The minimum Gasteiger partial charge on any atom is -0.469 e. The third-order valence-electron chi connectivity index (χ3n) is 4.06. The van der Waals surface area contributed by atoms with E-state index in [9.17, 15) is 9.18 Å². The first kappa shape index (κ1) is 14.5. The summed E-state index contributed by atoms with van der Waals surface area (Å²) in [6, 6.07) is 6.59. The highest BCUT2D eigenvalue weighted by atomic mass is 19.1. The zero-order chi connectivity index (χ0) is 14.5. The standard InChI is InChI=1S/C16H18FNO2/c1-20-16(19)13-5-2-11(3-6-13)8-12-4-7-15(17)14(9-12)10-18/h4,7,9,11,13H,2-3,5-6,8H2,1H3/t11-,13-. The molecule has 0 N–H and O–H groups in total. The number of ether oxygens (including phenoxy) is 1. The van der Waals surface area contributed by atoms with Crippen LogP contribution < -0.4 is 0 Å². The van der Waals surface area contributed by atoms with Gasteiger partial charge in [-0.1, -0.05) is 6.07 Å². The summed E-state index contributed by atoms with van der Waals surface area (Å²) in [5, 5.41) is 8.83. The monoisotopic (exact) mass is 275 g/mol. The summed E-state index contributed by atoms with van der Waals surface area (Å²) in [6.07, 6.45) is 4.48. The van der Waals surface area contributed by atoms with E-state index >= 15 is 0 Å². The van der Waals surface area contributed by atoms with Crippen LogP contribution in [0.2, 0.25) is 0 Å². The van der Waals surface area contributed by atoms with Crippen molar-refractivity contribution < 1.29 is 13.9 Å². The Morgan fingerprint density at radius 3 is 2.70 bits per heavy atom. The average molecular weight is 275 g/mol. The molecule has 1 fully saturated rings. The molecule has 106 valence electrons. The topological polar surface area (TPSA) is 50.1 Å². The predicted molar refractivity (Wildman–Crippen MR) is 72.3 cm³/mol. The van der Waals surface area contributed by atoms with Crippen LogP contribution in [-0.2, 0) is 16.0 Å². The number of nitrogens with zero attached hydrogens (tertiary/aromatic N) is 1. The lowest BCUT2D eigenvalue weighted by atomic mass is 9.79. The van der Waals surface area contributed by atoms with E-state index in [-0.39, 0.29) is 17.5 Å². The van der Waals surface area contributed by atoms with Gasteiger partial charge in [-0.05, 0) is 55.7 Å². The Balaban J connectivity index is 1.93. The van der Waals surface area contributed by atoms with Crippen molar-refractivity contribution in [2.45, 2.75) is 32.1 Å². The lowest BCUT2D eigenvalue weighted by molar-refractivity contribution is -0.146. The van der Waals surface area contributed by atoms with E-state index in [0.29, 0.717) is 5.92 Å². The van der Waals surface area contributed by atoms with Crippen molar-refractivity contribution in [2.24, 2.45) is 11.8 Å². The molecule has 1 saturated carbocycles. The smallest absolute Gasteiger partial charge is 0.308 e. The van der Waals surface area contributed by atoms with Crippen molar-refractivity contribution >= 4 is 5.97 Å². The zero-order valence-corrected chi connectivity index (χ0v) is 11.6. The van der Waals surface area contributed by atoms with Gasteiger partial charge in [-0.25, -0.2) is 4.39 Å². The van der Waals surface area contributed by atoms with Gasteiger partial charge in [-0.15, -0.1) is 0 Å². The highest BCUT2D eigenvalue weighted by molar-refractivity contribution is 5.72. The fraction of sp³-hybridized carbons (Fsp3) is 0.500. The Labute approximate surface area is 118 Å².